The van der Waals surface area contributed by atoms with Crippen molar-refractivity contribution in [2.24, 2.45) is 94.7 Å². The topological polar surface area (TPSA) is 233 Å². The molecule has 0 spiro atoms. The Labute approximate surface area is 563 Å². The Kier molecular flexibility index (Phi) is 20.1. The highest BCUT2D eigenvalue weighted by Crippen LogP contribution is 2.49. The van der Waals surface area contributed by atoms with Gasteiger partial charge in [0.05, 0.1) is 98.7 Å². The summed E-state index contributed by atoms with van der Waals surface area (Å²) in [7, 11) is 0. The summed E-state index contributed by atoms with van der Waals surface area (Å²) in [5.74, 6) is 12.6. The van der Waals surface area contributed by atoms with Crippen LogP contribution in [0, 0.1) is 94.7 Å². The Bertz CT molecular complexity index is 2140. The molecule has 2 aromatic carbocycles. The number of hydrogen-bond donors (Lipinski definition) is 18. The molecule has 0 amide bonds. The molecule has 16 bridgehead atoms. The van der Waals surface area contributed by atoms with Crippen molar-refractivity contribution in [2.75, 3.05) is 0 Å². The molecule has 18 heteroatoms. The van der Waals surface area contributed by atoms with Crippen molar-refractivity contribution in [3.05, 3.63) is 60.7 Å². The molecule has 16 atom stereocenters. The minimum Gasteiger partial charge on any atom is -0.508 e. The van der Waals surface area contributed by atoms with E-state index >= 15 is 0 Å². The Morgan fingerprint density at radius 3 is 0.330 bits per heavy atom. The number of aromatic hydroxyl groups is 2. The first-order chi connectivity index (χ1) is 46.4. The van der Waals surface area contributed by atoms with E-state index in [2.05, 4.69) is 85.1 Å². The molecule has 8 saturated carbocycles. The zero-order chi connectivity index (χ0) is 62.6. The van der Waals surface area contributed by atoms with E-state index in [4.69, 9.17) is 10.2 Å². The van der Waals surface area contributed by atoms with Gasteiger partial charge in [-0.15, -0.1) is 0 Å². The van der Waals surface area contributed by atoms with Crippen LogP contribution >= 0.6 is 0 Å². The van der Waals surface area contributed by atoms with Gasteiger partial charge in [0.15, 0.2) is 0 Å². The molecule has 16 unspecified atom stereocenters. The monoisotopic (exact) mass is 1290 g/mol. The summed E-state index contributed by atoms with van der Waals surface area (Å²) >= 11 is 0. The van der Waals surface area contributed by atoms with Crippen LogP contribution in [0.3, 0.4) is 0 Å². The highest BCUT2D eigenvalue weighted by Gasteiger charge is 2.57. The van der Waals surface area contributed by atoms with Crippen molar-refractivity contribution in [1.82, 2.24) is 85.1 Å². The van der Waals surface area contributed by atoms with E-state index in [1.807, 2.05) is 12.1 Å². The highest BCUT2D eigenvalue weighted by molar-refractivity contribution is 5.20. The molecule has 10 heterocycles. The number of para-hydroxylation sites is 2. The third kappa shape index (κ3) is 13.3. The van der Waals surface area contributed by atoms with Gasteiger partial charge in [-0.2, -0.15) is 0 Å². The molecule has 520 valence electrons. The molecule has 94 heavy (non-hydrogen) atoms. The van der Waals surface area contributed by atoms with Crippen LogP contribution in [-0.4, -0.2) is 109 Å². The van der Waals surface area contributed by atoms with Crippen molar-refractivity contribution >= 4 is 0 Å². The van der Waals surface area contributed by atoms with E-state index in [0.29, 0.717) is 110 Å². The lowest BCUT2D eigenvalue weighted by molar-refractivity contribution is 0.167. The Morgan fingerprint density at radius 2 is 0.255 bits per heavy atom. The molecule has 18 N–H and O–H groups in total. The van der Waals surface area contributed by atoms with Crippen molar-refractivity contribution in [3.8, 4) is 11.5 Å². The lowest BCUT2D eigenvalue weighted by Gasteiger charge is -2.35. The predicted molar refractivity (Wildman–Crippen MR) is 371 cm³/mol. The molecule has 20 rings (SSSR count). The van der Waals surface area contributed by atoms with E-state index in [1.165, 1.54) is 205 Å². The van der Waals surface area contributed by atoms with E-state index in [0.717, 1.165) is 94.7 Å². The average Bonchev–Trinajstić information content (AvgIpc) is 1.62. The van der Waals surface area contributed by atoms with E-state index in [1.54, 1.807) is 48.5 Å². The molecule has 18 aliphatic rings. The van der Waals surface area contributed by atoms with Crippen LogP contribution in [0.25, 0.3) is 0 Å². The molecule has 8 aliphatic carbocycles. The lowest BCUT2D eigenvalue weighted by atomic mass is 9.76. The quantitative estimate of drug-likeness (QED) is 0.120. The van der Waals surface area contributed by atoms with E-state index < -0.39 is 0 Å². The van der Waals surface area contributed by atoms with Gasteiger partial charge in [-0.3, -0.25) is 85.1 Å². The van der Waals surface area contributed by atoms with Gasteiger partial charge in [0.2, 0.25) is 0 Å². The van der Waals surface area contributed by atoms with Crippen LogP contribution in [0.2, 0.25) is 0 Å². The third-order valence-corrected chi connectivity index (χ3v) is 29.1. The summed E-state index contributed by atoms with van der Waals surface area (Å²) in [6.07, 6.45) is 51.1. The maximum Gasteiger partial charge on any atom is 0.115 e. The van der Waals surface area contributed by atoms with Crippen molar-refractivity contribution in [2.45, 2.75) is 304 Å². The summed E-state index contributed by atoms with van der Waals surface area (Å²) in [5, 5.41) is 84.8. The normalized spacial score (nSPS) is 50.3. The number of benzene rings is 2. The third-order valence-electron chi connectivity index (χ3n) is 29.1. The van der Waals surface area contributed by atoms with Gasteiger partial charge in [0.25, 0.3) is 0 Å². The molecular weight excluding hydrogens is 1170 g/mol. The second-order valence-electron chi connectivity index (χ2n) is 33.9. The first kappa shape index (κ1) is 64.8. The maximum absolute atomic E-state index is 8.63. The highest BCUT2D eigenvalue weighted by atomic mass is 16.3. The Morgan fingerprint density at radius 1 is 0.160 bits per heavy atom. The molecule has 0 radical (unpaired) electrons. The zero-order valence-corrected chi connectivity index (χ0v) is 56.8. The summed E-state index contributed by atoms with van der Waals surface area (Å²) in [5.41, 5.74) is 0. The minimum atomic E-state index is 0.322. The number of nitrogens with one attached hydrogen (secondary N) is 16. The number of phenols is 2. The molecule has 10 aliphatic heterocycles. The molecule has 18 nitrogen and oxygen atoms in total. The van der Waals surface area contributed by atoms with Gasteiger partial charge in [-0.05, 0) is 222 Å². The summed E-state index contributed by atoms with van der Waals surface area (Å²) in [6, 6.07) is 17.4. The smallest absolute Gasteiger partial charge is 0.115 e. The molecule has 10 saturated heterocycles. The number of fused-ring (bicyclic) bond motifs is 40. The van der Waals surface area contributed by atoms with Crippen molar-refractivity contribution in [3.63, 3.8) is 0 Å². The van der Waals surface area contributed by atoms with Crippen LogP contribution in [-0.2, 0) is 0 Å². The van der Waals surface area contributed by atoms with E-state index in [9.17, 15) is 0 Å². The van der Waals surface area contributed by atoms with Crippen LogP contribution in [0.1, 0.15) is 205 Å². The summed E-state index contributed by atoms with van der Waals surface area (Å²) in [4.78, 5) is 0. The van der Waals surface area contributed by atoms with Gasteiger partial charge in [0, 0.05) is 0 Å². The number of phenolic OH excluding ortho intramolecular Hbond substituents is 2. The largest absolute Gasteiger partial charge is 0.508 e. The van der Waals surface area contributed by atoms with Crippen LogP contribution < -0.4 is 85.1 Å². The van der Waals surface area contributed by atoms with Crippen LogP contribution in [0.5, 0.6) is 11.5 Å². The van der Waals surface area contributed by atoms with Gasteiger partial charge < -0.3 is 10.2 Å². The molecule has 0 aromatic heterocycles. The number of rotatable bonds is 0. The van der Waals surface area contributed by atoms with Crippen molar-refractivity contribution < 1.29 is 10.2 Å². The summed E-state index contributed by atoms with van der Waals surface area (Å²) in [6.45, 7) is 0. The van der Waals surface area contributed by atoms with Gasteiger partial charge >= 0.3 is 0 Å². The lowest BCUT2D eigenvalue weighted by Crippen LogP contribution is -2.61. The Balaban J connectivity index is 0.000000118. The molecule has 2 aromatic rings. The van der Waals surface area contributed by atoms with Crippen LogP contribution in [0.4, 0.5) is 0 Å². The predicted octanol–water partition coefficient (Wildman–Crippen LogP) is 8.00. The van der Waals surface area contributed by atoms with Crippen LogP contribution in [0.15, 0.2) is 60.7 Å². The first-order valence-corrected chi connectivity index (χ1v) is 40.0. The molecular formula is C76H124N16O2. The Hall–Kier alpha value is -2.60. The zero-order valence-electron chi connectivity index (χ0n) is 56.8. The minimum absolute atomic E-state index is 0.322. The second kappa shape index (κ2) is 29.2. The molecule has 18 fully saturated rings. The fourth-order valence-electron chi connectivity index (χ4n) is 24.8. The van der Waals surface area contributed by atoms with Gasteiger partial charge in [-0.1, -0.05) is 139 Å². The van der Waals surface area contributed by atoms with Gasteiger partial charge in [0.1, 0.15) is 11.5 Å². The standard InChI is InChI=1S/2C32H56N8.2C6H6O/c2*1-2-10-18-17(9-1)25-33-26(18)38-28-21-13-5-6-14-22(21)30(35-28)40-32-24-16-8-7-15-23(24)31(36-32)39-29-20-12-4-3-11-19(20)27(34-29)37-25;2*7-6-4-2-1-3-5-6/h2*17-40H,1-16H2;2*1-5,7H. The number of hydrogen-bond acceptors (Lipinski definition) is 18. The first-order valence-electron chi connectivity index (χ1n) is 40.0. The van der Waals surface area contributed by atoms with Gasteiger partial charge in [-0.25, -0.2) is 0 Å². The van der Waals surface area contributed by atoms with Crippen molar-refractivity contribution in [1.29, 1.82) is 0 Å². The second-order valence-corrected chi connectivity index (χ2v) is 33.9. The SMILES string of the molecule is C1CCC2C3NC(NC4NC(NC5NC(NC6NC(N3)C3CCCCC63)C3CCCCC53)C3CCCCC43)C2C1.C1CCC2C3NC(NC4NC(NC5NC(NC6NC(N3)C3CCCCC63)C3CCCCC53)C3CCCCC43)C2C1.Oc1ccccc1.Oc1ccccc1. The summed E-state index contributed by atoms with van der Waals surface area (Å²) < 4.78 is 0. The van der Waals surface area contributed by atoms with E-state index in [-0.39, 0.29) is 0 Å². The maximum atomic E-state index is 8.63. The average molecular weight is 1290 g/mol. The fraction of sp³-hybridized carbons (Fsp3) is 0.842. The fourth-order valence-corrected chi connectivity index (χ4v) is 24.8.